The average molecular weight is 71.0 g/mol. The second-order valence-corrected chi connectivity index (χ2v) is 0.326. The van der Waals surface area contributed by atoms with Crippen LogP contribution in [-0.4, -0.2) is 12.8 Å². The van der Waals surface area contributed by atoms with E-state index in [0.29, 0.717) is 0 Å². The van der Waals surface area contributed by atoms with Crippen LogP contribution in [0.25, 0.3) is 0 Å². The van der Waals surface area contributed by atoms with Gasteiger partial charge in [-0.1, -0.05) is 0 Å². The van der Waals surface area contributed by atoms with Crippen LogP contribution in [0.1, 0.15) is 0 Å². The first kappa shape index (κ1) is 4.14. The van der Waals surface area contributed by atoms with Gasteiger partial charge < -0.3 is 0 Å². The number of carbonyl (C=O) groups is 1. The average Bonchev–Trinajstić information content (AvgIpc) is 1.41. The molecule has 0 fully saturated rings. The number of hydrogen-bond acceptors (Lipinski definition) is 2. The predicted octanol–water partition coefficient (Wildman–Crippen LogP) is -1.19. The first-order valence-corrected chi connectivity index (χ1v) is 0.922. The van der Waals surface area contributed by atoms with Crippen molar-refractivity contribution in [2.24, 2.45) is 0 Å². The molecule has 0 aromatic heterocycles. The number of imide groups is 1. The molecule has 26 valence electrons. The molecule has 0 N–H and O–H groups in total. The second-order valence-electron chi connectivity index (χ2n) is 0.326. The summed E-state index contributed by atoms with van der Waals surface area (Å²) in [5, 5.41) is 2.49. The number of rotatable bonds is 2. The van der Waals surface area contributed by atoms with Crippen molar-refractivity contribution in [2.75, 3.05) is 0 Å². The van der Waals surface area contributed by atoms with Crippen LogP contribution in [0.4, 0.5) is 0 Å². The van der Waals surface area contributed by atoms with Crippen molar-refractivity contribution in [2.45, 2.75) is 0 Å². The van der Waals surface area contributed by atoms with E-state index in [1.807, 2.05) is 0 Å². The van der Waals surface area contributed by atoms with Crippen LogP contribution in [0.3, 0.4) is 0 Å². The van der Waals surface area contributed by atoms with Gasteiger partial charge in [-0.25, -0.2) is 0 Å². The Hall–Kier alpha value is -0.860. The van der Waals surface area contributed by atoms with Gasteiger partial charge in [0.05, 0.1) is 0 Å². The minimum absolute atomic E-state index is 0.132. The maximum absolute atomic E-state index is 8.98. The zero-order chi connectivity index (χ0) is 4.12. The first-order chi connectivity index (χ1) is 2.41. The monoisotopic (exact) mass is 71.0 g/mol. The van der Waals surface area contributed by atoms with E-state index in [1.54, 1.807) is 0 Å². The summed E-state index contributed by atoms with van der Waals surface area (Å²) in [4.78, 5) is 17.9. The van der Waals surface area contributed by atoms with Crippen LogP contribution in [0, 0.1) is 0 Å². The summed E-state index contributed by atoms with van der Waals surface area (Å²) in [6.45, 7) is 0. The topological polar surface area (TPSA) is 48.2 Å². The number of hydrogen-bond donors (Lipinski definition) is 0. The summed E-state index contributed by atoms with van der Waals surface area (Å²) >= 11 is 0. The van der Waals surface area contributed by atoms with E-state index in [4.69, 9.17) is 9.59 Å². The molecule has 0 saturated heterocycles. The molecule has 0 spiro atoms. The van der Waals surface area contributed by atoms with E-state index >= 15 is 0 Å². The molecular formula is C2HNO2. The molecular weight excluding hydrogens is 70.0 g/mol. The molecule has 0 aliphatic carbocycles. The number of carbonyl (C=O) groups excluding carboxylic acids is 2. The molecule has 5 heavy (non-hydrogen) atoms. The highest BCUT2D eigenvalue weighted by Gasteiger charge is 1.65. The van der Waals surface area contributed by atoms with E-state index < -0.39 is 0 Å². The van der Waals surface area contributed by atoms with Crippen molar-refractivity contribution >= 4 is 12.8 Å². The first-order valence-electron chi connectivity index (χ1n) is 0.922. The second kappa shape index (κ2) is 3.14. The third-order valence-corrected chi connectivity index (χ3v) is 0.105. The van der Waals surface area contributed by atoms with E-state index in [-0.39, 0.29) is 6.41 Å². The molecule has 0 aliphatic rings. The lowest BCUT2D eigenvalue weighted by Gasteiger charge is -1.55. The van der Waals surface area contributed by atoms with E-state index in [0.717, 1.165) is 6.41 Å². The normalized spacial score (nSPS) is 5.60. The van der Waals surface area contributed by atoms with Crippen molar-refractivity contribution in [3.8, 4) is 0 Å². The number of amides is 2. The summed E-state index contributed by atoms with van der Waals surface area (Å²) < 4.78 is 0. The van der Waals surface area contributed by atoms with Crippen LogP contribution in [-0.2, 0) is 9.59 Å². The molecule has 0 bridgehead atoms. The highest BCUT2D eigenvalue weighted by molar-refractivity contribution is 5.67. The molecule has 3 nitrogen and oxygen atoms in total. The maximum atomic E-state index is 8.98. The minimum Gasteiger partial charge on any atom is -0.276 e. The summed E-state index contributed by atoms with van der Waals surface area (Å²) in [7, 11) is 0. The van der Waals surface area contributed by atoms with Gasteiger partial charge in [0.25, 0.3) is 0 Å². The molecule has 0 aromatic rings. The van der Waals surface area contributed by atoms with Gasteiger partial charge in [-0.2, -0.15) is 5.32 Å². The van der Waals surface area contributed by atoms with Crippen molar-refractivity contribution in [3.05, 3.63) is 0 Å². The third kappa shape index (κ3) is 3.14. The smallest absolute Gasteiger partial charge is 0.276 e. The number of nitrogens with zero attached hydrogens (tertiary/aromatic N) is 1. The highest BCUT2D eigenvalue weighted by atomic mass is 16.2. The minimum atomic E-state index is 0.132. The Morgan fingerprint density at radius 1 is 1.80 bits per heavy atom. The zero-order valence-corrected chi connectivity index (χ0v) is 2.34. The Labute approximate surface area is 29.0 Å². The van der Waals surface area contributed by atoms with Crippen LogP contribution < -0.4 is 5.32 Å². The Morgan fingerprint density at radius 2 is 2.40 bits per heavy atom. The van der Waals surface area contributed by atoms with Crippen molar-refractivity contribution < 1.29 is 9.59 Å². The van der Waals surface area contributed by atoms with Gasteiger partial charge in [0.1, 0.15) is 0 Å². The van der Waals surface area contributed by atoms with Crippen LogP contribution in [0.5, 0.6) is 0 Å². The largest absolute Gasteiger partial charge is 0.340 e. The van der Waals surface area contributed by atoms with Crippen LogP contribution in [0.15, 0.2) is 0 Å². The standard InChI is InChI=1S/C2HNO2/c4-1-3-2-5/h1H. The van der Waals surface area contributed by atoms with Crippen LogP contribution >= 0.6 is 0 Å². The Balaban J connectivity index is 2.65. The fourth-order valence-electron chi connectivity index (χ4n) is 0.0215. The summed E-state index contributed by atoms with van der Waals surface area (Å²) in [5.74, 6) is 0. The summed E-state index contributed by atoms with van der Waals surface area (Å²) in [6.07, 6.45) is 1.16. The van der Waals surface area contributed by atoms with Crippen molar-refractivity contribution in [1.29, 1.82) is 0 Å². The fraction of sp³-hybridized carbons (Fsp3) is 0. The van der Waals surface area contributed by atoms with E-state index in [9.17, 15) is 0 Å². The lowest BCUT2D eigenvalue weighted by atomic mass is 11.2. The zero-order valence-electron chi connectivity index (χ0n) is 2.34. The highest BCUT2D eigenvalue weighted by Crippen LogP contribution is 1.25. The maximum Gasteiger partial charge on any atom is 0.340 e. The van der Waals surface area contributed by atoms with Gasteiger partial charge >= 0.3 is 6.41 Å². The Bertz CT molecular complexity index is 36.9. The molecule has 3 heteroatoms. The molecule has 0 heterocycles. The molecule has 0 aromatic carbocycles. The van der Waals surface area contributed by atoms with Gasteiger partial charge in [-0.05, 0) is 0 Å². The molecule has 0 saturated carbocycles. The Kier molecular flexibility index (Phi) is 2.60. The molecule has 2 radical (unpaired) electrons. The molecule has 0 rings (SSSR count). The third-order valence-electron chi connectivity index (χ3n) is 0.105. The fourth-order valence-corrected chi connectivity index (χ4v) is 0.0215. The SMILES string of the molecule is O=[C][N]C=O. The van der Waals surface area contributed by atoms with Gasteiger partial charge in [0.2, 0.25) is 6.41 Å². The van der Waals surface area contributed by atoms with Gasteiger partial charge in [0, 0.05) is 0 Å². The quantitative estimate of drug-likeness (QED) is 0.384. The Morgan fingerprint density at radius 3 is 2.40 bits per heavy atom. The predicted molar refractivity (Wildman–Crippen MR) is 13.9 cm³/mol. The molecule has 2 amide bonds. The van der Waals surface area contributed by atoms with Crippen molar-refractivity contribution in [1.82, 2.24) is 5.32 Å². The van der Waals surface area contributed by atoms with Gasteiger partial charge in [-0.15, -0.1) is 0 Å². The lowest BCUT2D eigenvalue weighted by Crippen LogP contribution is -1.93. The van der Waals surface area contributed by atoms with Crippen LogP contribution in [0.2, 0.25) is 0 Å². The summed E-state index contributed by atoms with van der Waals surface area (Å²) in [6, 6.07) is 0. The lowest BCUT2D eigenvalue weighted by molar-refractivity contribution is -0.108. The van der Waals surface area contributed by atoms with Gasteiger partial charge in [0.15, 0.2) is 0 Å². The van der Waals surface area contributed by atoms with E-state index in [1.165, 1.54) is 0 Å². The molecule has 0 atom stereocenters. The molecule has 0 aliphatic heterocycles. The molecule has 0 unspecified atom stereocenters. The van der Waals surface area contributed by atoms with Gasteiger partial charge in [-0.3, -0.25) is 9.59 Å². The summed E-state index contributed by atoms with van der Waals surface area (Å²) in [5.41, 5.74) is 0. The van der Waals surface area contributed by atoms with Crippen molar-refractivity contribution in [3.63, 3.8) is 0 Å². The van der Waals surface area contributed by atoms with E-state index in [2.05, 4.69) is 5.32 Å².